The first kappa shape index (κ1) is 15.8. The number of esters is 1. The van der Waals surface area contributed by atoms with E-state index >= 15 is 0 Å². The van der Waals surface area contributed by atoms with Crippen molar-refractivity contribution in [1.82, 2.24) is 5.32 Å². The second kappa shape index (κ2) is 6.76. The summed E-state index contributed by atoms with van der Waals surface area (Å²) in [5.74, 6) is 1.50. The lowest BCUT2D eigenvalue weighted by Gasteiger charge is -2.23. The van der Waals surface area contributed by atoms with E-state index < -0.39 is 17.6 Å². The van der Waals surface area contributed by atoms with Gasteiger partial charge in [-0.2, -0.15) is 0 Å². The molecule has 0 heterocycles. The van der Waals surface area contributed by atoms with Gasteiger partial charge in [0.1, 0.15) is 11.6 Å². The summed E-state index contributed by atoms with van der Waals surface area (Å²) in [6.07, 6.45) is 5.33. The van der Waals surface area contributed by atoms with Crippen molar-refractivity contribution in [1.29, 1.82) is 0 Å². The summed E-state index contributed by atoms with van der Waals surface area (Å²) in [5.41, 5.74) is -0.153. The zero-order chi connectivity index (χ0) is 15.2. The van der Waals surface area contributed by atoms with Crippen LogP contribution in [0.2, 0.25) is 0 Å². The predicted octanol–water partition coefficient (Wildman–Crippen LogP) is 2.15. The molecule has 0 aromatic heterocycles. The van der Waals surface area contributed by atoms with Crippen LogP contribution < -0.4 is 5.32 Å². The molecule has 0 saturated heterocycles. The highest BCUT2D eigenvalue weighted by Gasteiger charge is 2.26. The highest BCUT2D eigenvalue weighted by atomic mass is 16.6. The molecule has 4 heteroatoms. The van der Waals surface area contributed by atoms with Crippen LogP contribution in [0.15, 0.2) is 30.3 Å². The molecule has 1 atom stereocenters. The lowest BCUT2D eigenvalue weighted by molar-refractivity contribution is -0.157. The minimum atomic E-state index is -0.841. The third-order valence-electron chi connectivity index (χ3n) is 2.35. The van der Waals surface area contributed by atoms with Gasteiger partial charge >= 0.3 is 5.97 Å². The van der Waals surface area contributed by atoms with Gasteiger partial charge in [-0.05, 0) is 32.9 Å². The molecule has 0 aliphatic rings. The first-order chi connectivity index (χ1) is 9.33. The van der Waals surface area contributed by atoms with Gasteiger partial charge in [-0.1, -0.05) is 18.2 Å². The molecular formula is C16H19NO3. The second-order valence-corrected chi connectivity index (χ2v) is 5.33. The molecule has 4 nitrogen and oxygen atoms in total. The average Bonchev–Trinajstić information content (AvgIpc) is 2.37. The summed E-state index contributed by atoms with van der Waals surface area (Å²) in [6, 6.07) is 7.79. The van der Waals surface area contributed by atoms with Crippen LogP contribution >= 0.6 is 0 Å². The molecular weight excluding hydrogens is 254 g/mol. The lowest BCUT2D eigenvalue weighted by atomic mass is 10.1. The van der Waals surface area contributed by atoms with Crippen molar-refractivity contribution in [3.8, 4) is 12.3 Å². The maximum atomic E-state index is 12.0. The van der Waals surface area contributed by atoms with Gasteiger partial charge in [0, 0.05) is 12.0 Å². The van der Waals surface area contributed by atoms with E-state index in [2.05, 4.69) is 11.2 Å². The van der Waals surface area contributed by atoms with Gasteiger partial charge in [-0.3, -0.25) is 4.79 Å². The third-order valence-corrected chi connectivity index (χ3v) is 2.35. The fourth-order valence-corrected chi connectivity index (χ4v) is 1.52. The number of amides is 1. The second-order valence-electron chi connectivity index (χ2n) is 5.33. The summed E-state index contributed by atoms with van der Waals surface area (Å²) in [4.78, 5) is 24.0. The molecule has 1 aromatic carbocycles. The summed E-state index contributed by atoms with van der Waals surface area (Å²) in [5, 5.41) is 2.60. The van der Waals surface area contributed by atoms with E-state index in [0.29, 0.717) is 5.56 Å². The molecule has 1 N–H and O–H groups in total. The first-order valence-corrected chi connectivity index (χ1v) is 6.36. The van der Waals surface area contributed by atoms with Crippen LogP contribution in [-0.2, 0) is 9.53 Å². The molecule has 0 aliphatic heterocycles. The van der Waals surface area contributed by atoms with Crippen molar-refractivity contribution < 1.29 is 14.3 Å². The summed E-state index contributed by atoms with van der Waals surface area (Å²) in [7, 11) is 0. The maximum absolute atomic E-state index is 12.0. The Bertz CT molecular complexity index is 509. The Morgan fingerprint density at radius 2 is 1.90 bits per heavy atom. The minimum absolute atomic E-state index is 0.0908. The maximum Gasteiger partial charge on any atom is 0.330 e. The highest BCUT2D eigenvalue weighted by molar-refractivity contribution is 5.96. The fourth-order valence-electron chi connectivity index (χ4n) is 1.52. The van der Waals surface area contributed by atoms with Crippen LogP contribution in [0.1, 0.15) is 37.6 Å². The molecule has 0 radical (unpaired) electrons. The SMILES string of the molecule is C#CC[C@@H](NC(=O)c1ccccc1)C(=O)OC(C)(C)C. The van der Waals surface area contributed by atoms with Gasteiger partial charge in [0.15, 0.2) is 0 Å². The predicted molar refractivity (Wildman–Crippen MR) is 77.0 cm³/mol. The smallest absolute Gasteiger partial charge is 0.330 e. The zero-order valence-electron chi connectivity index (χ0n) is 12.0. The number of carbonyl (C=O) groups is 2. The van der Waals surface area contributed by atoms with E-state index in [0.717, 1.165) is 0 Å². The van der Waals surface area contributed by atoms with Crippen molar-refractivity contribution in [2.75, 3.05) is 0 Å². The summed E-state index contributed by atoms with van der Waals surface area (Å²) in [6.45, 7) is 5.28. The normalized spacial score (nSPS) is 12.1. The number of rotatable bonds is 4. The number of nitrogens with one attached hydrogen (secondary N) is 1. The molecule has 1 rings (SSSR count). The lowest BCUT2D eigenvalue weighted by Crippen LogP contribution is -2.44. The molecule has 20 heavy (non-hydrogen) atoms. The number of hydrogen-bond donors (Lipinski definition) is 1. The monoisotopic (exact) mass is 273 g/mol. The molecule has 0 spiro atoms. The van der Waals surface area contributed by atoms with Crippen LogP contribution in [0.5, 0.6) is 0 Å². The van der Waals surface area contributed by atoms with Crippen molar-refractivity contribution in [3.63, 3.8) is 0 Å². The van der Waals surface area contributed by atoms with Gasteiger partial charge in [-0.15, -0.1) is 12.3 Å². The molecule has 1 amide bonds. The third kappa shape index (κ3) is 5.15. The zero-order valence-corrected chi connectivity index (χ0v) is 12.0. The Kier molecular flexibility index (Phi) is 5.33. The fraction of sp³-hybridized carbons (Fsp3) is 0.375. The number of hydrogen-bond acceptors (Lipinski definition) is 3. The van der Waals surface area contributed by atoms with Crippen LogP contribution in [0.3, 0.4) is 0 Å². The topological polar surface area (TPSA) is 55.4 Å². The number of terminal acetylenes is 1. The van der Waals surface area contributed by atoms with Crippen LogP contribution in [0, 0.1) is 12.3 Å². The molecule has 0 unspecified atom stereocenters. The minimum Gasteiger partial charge on any atom is -0.458 e. The van der Waals surface area contributed by atoms with E-state index in [9.17, 15) is 9.59 Å². The van der Waals surface area contributed by atoms with E-state index in [1.54, 1.807) is 45.0 Å². The van der Waals surface area contributed by atoms with Gasteiger partial charge in [0.05, 0.1) is 0 Å². The molecule has 0 aliphatic carbocycles. The summed E-state index contributed by atoms with van der Waals surface area (Å²) < 4.78 is 5.24. The van der Waals surface area contributed by atoms with E-state index in [1.165, 1.54) is 0 Å². The molecule has 0 fully saturated rings. The Balaban J connectivity index is 2.75. The van der Waals surface area contributed by atoms with E-state index in [-0.39, 0.29) is 12.3 Å². The molecule has 106 valence electrons. The van der Waals surface area contributed by atoms with Crippen molar-refractivity contribution in [2.45, 2.75) is 38.8 Å². The quantitative estimate of drug-likeness (QED) is 0.675. The highest BCUT2D eigenvalue weighted by Crippen LogP contribution is 2.10. The standard InChI is InChI=1S/C16H19NO3/c1-5-9-13(15(19)20-16(2,3)4)17-14(18)12-10-7-6-8-11-12/h1,6-8,10-11,13H,9H2,2-4H3,(H,17,18)/t13-/m1/s1. The Hall–Kier alpha value is -2.28. The Labute approximate surface area is 119 Å². The van der Waals surface area contributed by atoms with Gasteiger partial charge in [-0.25, -0.2) is 4.79 Å². The van der Waals surface area contributed by atoms with Gasteiger partial charge < -0.3 is 10.1 Å². The molecule has 0 saturated carbocycles. The average molecular weight is 273 g/mol. The largest absolute Gasteiger partial charge is 0.458 e. The van der Waals surface area contributed by atoms with Crippen LogP contribution in [0.25, 0.3) is 0 Å². The van der Waals surface area contributed by atoms with Crippen LogP contribution in [-0.4, -0.2) is 23.5 Å². The number of ether oxygens (including phenoxy) is 1. The van der Waals surface area contributed by atoms with Crippen molar-refractivity contribution in [2.24, 2.45) is 0 Å². The van der Waals surface area contributed by atoms with E-state index in [1.807, 2.05) is 6.07 Å². The van der Waals surface area contributed by atoms with Gasteiger partial charge in [0.2, 0.25) is 0 Å². The first-order valence-electron chi connectivity index (χ1n) is 6.36. The van der Waals surface area contributed by atoms with E-state index in [4.69, 9.17) is 11.2 Å². The van der Waals surface area contributed by atoms with Crippen molar-refractivity contribution in [3.05, 3.63) is 35.9 Å². The Morgan fingerprint density at radius 3 is 2.40 bits per heavy atom. The summed E-state index contributed by atoms with van der Waals surface area (Å²) >= 11 is 0. The van der Waals surface area contributed by atoms with Crippen molar-refractivity contribution >= 4 is 11.9 Å². The number of carbonyl (C=O) groups excluding carboxylic acids is 2. The Morgan fingerprint density at radius 1 is 1.30 bits per heavy atom. The molecule has 1 aromatic rings. The van der Waals surface area contributed by atoms with Gasteiger partial charge in [0.25, 0.3) is 5.91 Å². The number of benzene rings is 1. The molecule has 0 bridgehead atoms. The van der Waals surface area contributed by atoms with Crippen LogP contribution in [0.4, 0.5) is 0 Å².